The van der Waals surface area contributed by atoms with E-state index in [9.17, 15) is 17.9 Å². The number of benzene rings is 1. The summed E-state index contributed by atoms with van der Waals surface area (Å²) in [6.45, 7) is 1.62. The molecule has 2 rings (SSSR count). The Labute approximate surface area is 112 Å². The number of rotatable bonds is 5. The van der Waals surface area contributed by atoms with Crippen LogP contribution in [0.5, 0.6) is 0 Å². The summed E-state index contributed by atoms with van der Waals surface area (Å²) in [4.78, 5) is -0.0823. The zero-order valence-electron chi connectivity index (χ0n) is 11.0. The molecule has 1 aliphatic carbocycles. The molecule has 4 nitrogen and oxygen atoms in total. The molecule has 0 bridgehead atoms. The van der Waals surface area contributed by atoms with Crippen LogP contribution in [-0.2, 0) is 10.0 Å². The average molecular weight is 287 g/mol. The first-order valence-corrected chi connectivity index (χ1v) is 7.67. The molecule has 1 saturated carbocycles. The van der Waals surface area contributed by atoms with E-state index in [1.54, 1.807) is 6.92 Å². The Kier molecular flexibility index (Phi) is 3.94. The van der Waals surface area contributed by atoms with Crippen LogP contribution in [0, 0.1) is 18.7 Å². The number of aryl methyl sites for hydroxylation is 1. The van der Waals surface area contributed by atoms with Gasteiger partial charge in [-0.05, 0) is 43.4 Å². The molecule has 1 aromatic rings. The molecule has 1 unspecified atom stereocenters. The van der Waals surface area contributed by atoms with E-state index in [1.807, 2.05) is 0 Å². The van der Waals surface area contributed by atoms with E-state index in [-0.39, 0.29) is 17.4 Å². The summed E-state index contributed by atoms with van der Waals surface area (Å²) in [5, 5.41) is 9.79. The van der Waals surface area contributed by atoms with E-state index in [0.29, 0.717) is 5.56 Å². The summed E-state index contributed by atoms with van der Waals surface area (Å²) >= 11 is 0. The number of sulfonamides is 1. The van der Waals surface area contributed by atoms with Crippen LogP contribution in [0.2, 0.25) is 0 Å². The SMILES string of the molecule is Cc1ccc(S(=O)(=O)N(C)CC(O)C2CC2)cc1F. The lowest BCUT2D eigenvalue weighted by Crippen LogP contribution is -2.35. The lowest BCUT2D eigenvalue weighted by atomic mass is 10.2. The first-order valence-electron chi connectivity index (χ1n) is 6.23. The minimum absolute atomic E-state index is 0.0441. The zero-order valence-corrected chi connectivity index (χ0v) is 11.8. The monoisotopic (exact) mass is 287 g/mol. The van der Waals surface area contributed by atoms with Crippen LogP contribution in [0.25, 0.3) is 0 Å². The Hall–Kier alpha value is -0.980. The van der Waals surface area contributed by atoms with Crippen molar-refractivity contribution in [2.24, 2.45) is 5.92 Å². The molecule has 0 aromatic heterocycles. The fourth-order valence-corrected chi connectivity index (χ4v) is 3.11. The number of hydrogen-bond acceptors (Lipinski definition) is 3. The first kappa shape index (κ1) is 14.4. The van der Waals surface area contributed by atoms with Gasteiger partial charge in [0.1, 0.15) is 5.82 Å². The van der Waals surface area contributed by atoms with E-state index in [4.69, 9.17) is 0 Å². The van der Waals surface area contributed by atoms with E-state index >= 15 is 0 Å². The van der Waals surface area contributed by atoms with Crippen LogP contribution in [0.15, 0.2) is 23.1 Å². The molecule has 1 aromatic carbocycles. The van der Waals surface area contributed by atoms with E-state index < -0.39 is 21.9 Å². The minimum atomic E-state index is -3.75. The normalized spacial score (nSPS) is 17.7. The van der Waals surface area contributed by atoms with Gasteiger partial charge in [0.15, 0.2) is 0 Å². The summed E-state index contributed by atoms with van der Waals surface area (Å²) in [5.41, 5.74) is 0.402. The Morgan fingerprint density at radius 1 is 1.47 bits per heavy atom. The maximum Gasteiger partial charge on any atom is 0.243 e. The second-order valence-electron chi connectivity index (χ2n) is 5.10. The van der Waals surface area contributed by atoms with Crippen LogP contribution < -0.4 is 0 Å². The van der Waals surface area contributed by atoms with Crippen LogP contribution in [-0.4, -0.2) is 37.5 Å². The van der Waals surface area contributed by atoms with Gasteiger partial charge in [0.25, 0.3) is 0 Å². The van der Waals surface area contributed by atoms with Crippen molar-refractivity contribution >= 4 is 10.0 Å². The quantitative estimate of drug-likeness (QED) is 0.893. The topological polar surface area (TPSA) is 57.6 Å². The van der Waals surface area contributed by atoms with Gasteiger partial charge in [-0.15, -0.1) is 0 Å². The number of aliphatic hydroxyl groups excluding tert-OH is 1. The van der Waals surface area contributed by atoms with Gasteiger partial charge in [-0.3, -0.25) is 0 Å². The molecule has 0 spiro atoms. The van der Waals surface area contributed by atoms with Gasteiger partial charge >= 0.3 is 0 Å². The lowest BCUT2D eigenvalue weighted by molar-refractivity contribution is 0.131. The molecule has 106 valence electrons. The lowest BCUT2D eigenvalue weighted by Gasteiger charge is -2.20. The van der Waals surface area contributed by atoms with Gasteiger partial charge in [-0.2, -0.15) is 4.31 Å². The molecule has 1 aliphatic rings. The van der Waals surface area contributed by atoms with E-state index in [2.05, 4.69) is 0 Å². The van der Waals surface area contributed by atoms with Gasteiger partial charge in [0, 0.05) is 13.6 Å². The molecule has 0 aliphatic heterocycles. The van der Waals surface area contributed by atoms with Crippen LogP contribution in [0.1, 0.15) is 18.4 Å². The molecule has 0 radical (unpaired) electrons. The van der Waals surface area contributed by atoms with E-state index in [0.717, 1.165) is 23.2 Å². The van der Waals surface area contributed by atoms with Crippen molar-refractivity contribution in [2.45, 2.75) is 30.8 Å². The second kappa shape index (κ2) is 5.19. The summed E-state index contributed by atoms with van der Waals surface area (Å²) in [7, 11) is -2.34. The predicted molar refractivity (Wildman–Crippen MR) is 69.7 cm³/mol. The van der Waals surface area contributed by atoms with Crippen molar-refractivity contribution in [1.29, 1.82) is 0 Å². The average Bonchev–Trinajstić information content (AvgIpc) is 3.16. The van der Waals surface area contributed by atoms with Crippen molar-refractivity contribution in [3.8, 4) is 0 Å². The summed E-state index contributed by atoms with van der Waals surface area (Å²) in [6, 6.07) is 3.84. The number of likely N-dealkylation sites (N-methyl/N-ethyl adjacent to an activating group) is 1. The van der Waals surface area contributed by atoms with Crippen molar-refractivity contribution in [2.75, 3.05) is 13.6 Å². The Bertz CT molecular complexity index is 569. The van der Waals surface area contributed by atoms with Gasteiger partial charge in [-0.25, -0.2) is 12.8 Å². The third kappa shape index (κ3) is 3.13. The highest BCUT2D eigenvalue weighted by Gasteiger charge is 2.33. The molecule has 0 saturated heterocycles. The number of halogens is 1. The highest BCUT2D eigenvalue weighted by Crippen LogP contribution is 2.33. The molecule has 1 N–H and O–H groups in total. The molecule has 1 atom stereocenters. The van der Waals surface area contributed by atoms with Gasteiger partial charge in [0.05, 0.1) is 11.0 Å². The molecule has 6 heteroatoms. The Morgan fingerprint density at radius 3 is 2.63 bits per heavy atom. The predicted octanol–water partition coefficient (Wildman–Crippen LogP) is 1.53. The van der Waals surface area contributed by atoms with Crippen molar-refractivity contribution in [1.82, 2.24) is 4.31 Å². The van der Waals surface area contributed by atoms with Crippen molar-refractivity contribution in [3.63, 3.8) is 0 Å². The summed E-state index contributed by atoms with van der Waals surface area (Å²) in [5.74, 6) is -0.343. The highest BCUT2D eigenvalue weighted by atomic mass is 32.2. The van der Waals surface area contributed by atoms with Gasteiger partial charge < -0.3 is 5.11 Å². The summed E-state index contributed by atoms with van der Waals surface area (Å²) < 4.78 is 39.0. The van der Waals surface area contributed by atoms with Gasteiger partial charge in [0.2, 0.25) is 10.0 Å². The third-order valence-electron chi connectivity index (χ3n) is 3.46. The van der Waals surface area contributed by atoms with Crippen LogP contribution in [0.4, 0.5) is 4.39 Å². The Balaban J connectivity index is 2.17. The van der Waals surface area contributed by atoms with E-state index in [1.165, 1.54) is 19.2 Å². The van der Waals surface area contributed by atoms with Crippen molar-refractivity contribution < 1.29 is 17.9 Å². The molecular formula is C13H18FNO3S. The van der Waals surface area contributed by atoms with Crippen LogP contribution >= 0.6 is 0 Å². The smallest absolute Gasteiger partial charge is 0.243 e. The van der Waals surface area contributed by atoms with Gasteiger partial charge in [-0.1, -0.05) is 6.07 Å². The number of aliphatic hydroxyl groups is 1. The highest BCUT2D eigenvalue weighted by molar-refractivity contribution is 7.89. The molecule has 0 heterocycles. The second-order valence-corrected chi connectivity index (χ2v) is 7.15. The fraction of sp³-hybridized carbons (Fsp3) is 0.538. The number of nitrogens with zero attached hydrogens (tertiary/aromatic N) is 1. The fourth-order valence-electron chi connectivity index (χ4n) is 1.91. The molecular weight excluding hydrogens is 269 g/mol. The Morgan fingerprint density at radius 2 is 2.11 bits per heavy atom. The maximum absolute atomic E-state index is 13.4. The summed E-state index contributed by atoms with van der Waals surface area (Å²) in [6.07, 6.45) is 1.23. The molecule has 0 amide bonds. The third-order valence-corrected chi connectivity index (χ3v) is 5.28. The molecule has 19 heavy (non-hydrogen) atoms. The standard InChI is InChI=1S/C13H18FNO3S/c1-9-3-6-11(7-12(9)14)19(17,18)15(2)8-13(16)10-4-5-10/h3,6-7,10,13,16H,4-5,8H2,1-2H3. The largest absolute Gasteiger partial charge is 0.391 e. The maximum atomic E-state index is 13.4. The minimum Gasteiger partial charge on any atom is -0.391 e. The van der Waals surface area contributed by atoms with Crippen LogP contribution in [0.3, 0.4) is 0 Å². The first-order chi connectivity index (χ1) is 8.82. The number of hydrogen-bond donors (Lipinski definition) is 1. The van der Waals surface area contributed by atoms with Crippen molar-refractivity contribution in [3.05, 3.63) is 29.6 Å². The molecule has 1 fully saturated rings. The zero-order chi connectivity index (χ0) is 14.2.